The van der Waals surface area contributed by atoms with Gasteiger partial charge < -0.3 is 4.90 Å². The number of hydrogen-bond donors (Lipinski definition) is 0. The maximum Gasteiger partial charge on any atom is 0.254 e. The molecule has 18 heavy (non-hydrogen) atoms. The second-order valence-electron chi connectivity index (χ2n) is 5.05. The van der Waals surface area contributed by atoms with Crippen LogP contribution in [0.5, 0.6) is 0 Å². The highest BCUT2D eigenvalue weighted by Crippen LogP contribution is 2.37. The van der Waals surface area contributed by atoms with Crippen molar-refractivity contribution in [2.75, 3.05) is 13.1 Å². The first-order valence-electron chi connectivity index (χ1n) is 6.51. The van der Waals surface area contributed by atoms with Gasteiger partial charge in [-0.25, -0.2) is 4.98 Å². The van der Waals surface area contributed by atoms with Gasteiger partial charge in [-0.1, -0.05) is 25.4 Å². The average Bonchev–Trinajstić information content (AvgIpc) is 2.83. The van der Waals surface area contributed by atoms with Crippen LogP contribution in [0.25, 0.3) is 0 Å². The topological polar surface area (TPSA) is 33.2 Å². The molecule has 2 rings (SSSR count). The van der Waals surface area contributed by atoms with Crippen LogP contribution in [0.15, 0.2) is 18.3 Å². The van der Waals surface area contributed by atoms with E-state index in [0.29, 0.717) is 16.1 Å². The van der Waals surface area contributed by atoms with E-state index in [0.717, 1.165) is 32.4 Å². The van der Waals surface area contributed by atoms with Gasteiger partial charge in [0.1, 0.15) is 5.15 Å². The highest BCUT2D eigenvalue weighted by atomic mass is 35.5. The van der Waals surface area contributed by atoms with Gasteiger partial charge in [0.05, 0.1) is 0 Å². The van der Waals surface area contributed by atoms with Crippen LogP contribution in [0.4, 0.5) is 0 Å². The Bertz CT molecular complexity index is 443. The Morgan fingerprint density at radius 2 is 2.22 bits per heavy atom. The van der Waals surface area contributed by atoms with Crippen molar-refractivity contribution < 1.29 is 4.79 Å². The molecular weight excluding hydrogens is 248 g/mol. The lowest BCUT2D eigenvalue weighted by atomic mass is 9.82. The number of carbonyl (C=O) groups is 1. The highest BCUT2D eigenvalue weighted by molar-refractivity contribution is 6.29. The highest BCUT2D eigenvalue weighted by Gasteiger charge is 2.37. The average molecular weight is 267 g/mol. The van der Waals surface area contributed by atoms with Crippen molar-refractivity contribution >= 4 is 17.5 Å². The van der Waals surface area contributed by atoms with E-state index in [1.165, 1.54) is 0 Å². The summed E-state index contributed by atoms with van der Waals surface area (Å²) in [4.78, 5) is 18.2. The second kappa shape index (κ2) is 5.27. The molecule has 0 radical (unpaired) electrons. The van der Waals surface area contributed by atoms with E-state index in [1.807, 2.05) is 4.90 Å². The predicted molar refractivity (Wildman–Crippen MR) is 72.8 cm³/mol. The summed E-state index contributed by atoms with van der Waals surface area (Å²) in [5.41, 5.74) is 0.949. The van der Waals surface area contributed by atoms with Crippen LogP contribution in [-0.2, 0) is 0 Å². The van der Waals surface area contributed by atoms with Gasteiger partial charge in [0.2, 0.25) is 0 Å². The van der Waals surface area contributed by atoms with Crippen molar-refractivity contribution in [3.63, 3.8) is 0 Å². The van der Waals surface area contributed by atoms with Crippen LogP contribution in [0.2, 0.25) is 5.15 Å². The summed E-state index contributed by atoms with van der Waals surface area (Å²) in [5, 5.41) is 0.372. The number of rotatable bonds is 3. The fourth-order valence-electron chi connectivity index (χ4n) is 2.65. The molecule has 0 aliphatic carbocycles. The second-order valence-corrected chi connectivity index (χ2v) is 5.44. The Kier molecular flexibility index (Phi) is 3.91. The summed E-state index contributed by atoms with van der Waals surface area (Å²) in [6, 6.07) is 3.37. The number of aromatic nitrogens is 1. The lowest BCUT2D eigenvalue weighted by Crippen LogP contribution is -2.31. The molecule has 2 heterocycles. The molecule has 3 nitrogen and oxygen atoms in total. The minimum absolute atomic E-state index is 0.0723. The molecule has 0 aromatic carbocycles. The van der Waals surface area contributed by atoms with Crippen LogP contribution in [0, 0.1) is 5.41 Å². The van der Waals surface area contributed by atoms with Gasteiger partial charge in [0, 0.05) is 24.8 Å². The number of carbonyl (C=O) groups excluding carboxylic acids is 1. The SMILES string of the molecule is CCC1(CC)CCN(C(=O)c2ccnc(Cl)c2)C1. The predicted octanol–water partition coefficient (Wildman–Crippen LogP) is 3.39. The Labute approximate surface area is 113 Å². The number of likely N-dealkylation sites (tertiary alicyclic amines) is 1. The fraction of sp³-hybridized carbons (Fsp3) is 0.571. The van der Waals surface area contributed by atoms with Crippen molar-refractivity contribution in [1.82, 2.24) is 9.88 Å². The molecule has 1 fully saturated rings. The molecule has 0 unspecified atom stereocenters. The molecule has 1 aliphatic heterocycles. The van der Waals surface area contributed by atoms with E-state index >= 15 is 0 Å². The third kappa shape index (κ3) is 2.51. The minimum atomic E-state index is 0.0723. The molecule has 0 saturated carbocycles. The Morgan fingerprint density at radius 1 is 1.50 bits per heavy atom. The molecule has 0 N–H and O–H groups in total. The van der Waals surface area contributed by atoms with Crippen LogP contribution in [0.1, 0.15) is 43.5 Å². The van der Waals surface area contributed by atoms with Gasteiger partial charge in [-0.15, -0.1) is 0 Å². The Hall–Kier alpha value is -1.09. The zero-order valence-corrected chi connectivity index (χ0v) is 11.7. The smallest absolute Gasteiger partial charge is 0.254 e. The molecule has 0 atom stereocenters. The largest absolute Gasteiger partial charge is 0.338 e. The Balaban J connectivity index is 2.12. The van der Waals surface area contributed by atoms with Crippen molar-refractivity contribution in [3.05, 3.63) is 29.0 Å². The van der Waals surface area contributed by atoms with E-state index in [4.69, 9.17) is 11.6 Å². The van der Waals surface area contributed by atoms with E-state index in [9.17, 15) is 4.79 Å². The van der Waals surface area contributed by atoms with Crippen molar-refractivity contribution in [2.24, 2.45) is 5.41 Å². The van der Waals surface area contributed by atoms with Gasteiger partial charge in [0.15, 0.2) is 0 Å². The fourth-order valence-corrected chi connectivity index (χ4v) is 2.83. The van der Waals surface area contributed by atoms with Gasteiger partial charge in [-0.2, -0.15) is 0 Å². The molecule has 1 aromatic rings. The molecular formula is C14H19ClN2O. The third-order valence-corrected chi connectivity index (χ3v) is 4.41. The van der Waals surface area contributed by atoms with Crippen molar-refractivity contribution in [2.45, 2.75) is 33.1 Å². The van der Waals surface area contributed by atoms with Crippen LogP contribution in [0.3, 0.4) is 0 Å². The first kappa shape index (κ1) is 13.3. The number of pyridine rings is 1. The summed E-state index contributed by atoms with van der Waals surface area (Å²) >= 11 is 5.82. The number of nitrogens with zero attached hydrogens (tertiary/aromatic N) is 2. The summed E-state index contributed by atoms with van der Waals surface area (Å²) in [6.45, 7) is 6.13. The maximum atomic E-state index is 12.4. The quantitative estimate of drug-likeness (QED) is 0.786. The molecule has 0 bridgehead atoms. The zero-order chi connectivity index (χ0) is 13.2. The maximum absolute atomic E-state index is 12.4. The van der Waals surface area contributed by atoms with Gasteiger partial charge in [-0.3, -0.25) is 4.79 Å². The van der Waals surface area contributed by atoms with Crippen LogP contribution in [-0.4, -0.2) is 28.9 Å². The first-order chi connectivity index (χ1) is 8.60. The van der Waals surface area contributed by atoms with E-state index in [-0.39, 0.29) is 5.91 Å². The summed E-state index contributed by atoms with van der Waals surface area (Å²) < 4.78 is 0. The molecule has 1 amide bonds. The summed E-state index contributed by atoms with van der Waals surface area (Å²) in [7, 11) is 0. The lowest BCUT2D eigenvalue weighted by molar-refractivity contribution is 0.0769. The molecule has 4 heteroatoms. The summed E-state index contributed by atoms with van der Waals surface area (Å²) in [5.74, 6) is 0.0723. The van der Waals surface area contributed by atoms with E-state index in [1.54, 1.807) is 18.3 Å². The number of hydrogen-bond acceptors (Lipinski definition) is 2. The normalized spacial score (nSPS) is 18.1. The Morgan fingerprint density at radius 3 is 2.78 bits per heavy atom. The lowest BCUT2D eigenvalue weighted by Gasteiger charge is -2.26. The van der Waals surface area contributed by atoms with E-state index < -0.39 is 0 Å². The minimum Gasteiger partial charge on any atom is -0.338 e. The van der Waals surface area contributed by atoms with Gasteiger partial charge in [-0.05, 0) is 36.8 Å². The van der Waals surface area contributed by atoms with E-state index in [2.05, 4.69) is 18.8 Å². The number of amides is 1. The zero-order valence-electron chi connectivity index (χ0n) is 10.9. The first-order valence-corrected chi connectivity index (χ1v) is 6.89. The van der Waals surface area contributed by atoms with Gasteiger partial charge in [0.25, 0.3) is 5.91 Å². The molecule has 98 valence electrons. The van der Waals surface area contributed by atoms with Crippen molar-refractivity contribution in [3.8, 4) is 0 Å². The molecule has 1 aliphatic rings. The number of halogens is 1. The van der Waals surface area contributed by atoms with Crippen LogP contribution >= 0.6 is 11.6 Å². The third-order valence-electron chi connectivity index (χ3n) is 4.20. The molecule has 1 saturated heterocycles. The molecule has 1 aromatic heterocycles. The monoisotopic (exact) mass is 266 g/mol. The standard InChI is InChI=1S/C14H19ClN2O/c1-3-14(4-2)6-8-17(10-14)13(18)11-5-7-16-12(15)9-11/h5,7,9H,3-4,6,8,10H2,1-2H3. The molecule has 0 spiro atoms. The van der Waals surface area contributed by atoms with Crippen molar-refractivity contribution in [1.29, 1.82) is 0 Å². The van der Waals surface area contributed by atoms with Crippen LogP contribution < -0.4 is 0 Å². The van der Waals surface area contributed by atoms with Gasteiger partial charge >= 0.3 is 0 Å². The summed E-state index contributed by atoms with van der Waals surface area (Å²) in [6.07, 6.45) is 4.94.